The number of para-hydroxylation sites is 1. The summed E-state index contributed by atoms with van der Waals surface area (Å²) in [6.45, 7) is 3.73. The Balaban J connectivity index is 1.41. The van der Waals surface area contributed by atoms with Gasteiger partial charge in [0.25, 0.3) is 0 Å². The topological polar surface area (TPSA) is 88.6 Å². The molecule has 1 aliphatic rings. The van der Waals surface area contributed by atoms with Crippen molar-refractivity contribution in [3.63, 3.8) is 0 Å². The molecule has 1 saturated heterocycles. The number of ether oxygens (including phenoxy) is 1. The maximum absolute atomic E-state index is 13.1. The molecule has 0 atom stereocenters. The van der Waals surface area contributed by atoms with E-state index in [0.29, 0.717) is 31.0 Å². The summed E-state index contributed by atoms with van der Waals surface area (Å²) >= 11 is 1.46. The number of carbonyl (C=O) groups excluding carboxylic acids is 1. The molecule has 2 heterocycles. The fraction of sp³-hybridized carbons (Fsp3) is 0.360. The smallest absolute Gasteiger partial charge is 0.243 e. The second-order valence-electron chi connectivity index (χ2n) is 8.10. The van der Waals surface area contributed by atoms with Gasteiger partial charge in [-0.1, -0.05) is 36.8 Å². The molecule has 34 heavy (non-hydrogen) atoms. The lowest BCUT2D eigenvalue weighted by molar-refractivity contribution is -0.120. The molecule has 0 saturated carbocycles. The molecule has 1 aromatic heterocycles. The van der Waals surface area contributed by atoms with Gasteiger partial charge in [0.2, 0.25) is 15.9 Å². The van der Waals surface area contributed by atoms with Gasteiger partial charge in [0.1, 0.15) is 10.8 Å². The van der Waals surface area contributed by atoms with Gasteiger partial charge in [-0.3, -0.25) is 4.79 Å². The average Bonchev–Trinajstić information content (AvgIpc) is 3.32. The lowest BCUT2D eigenvalue weighted by Gasteiger charge is -2.26. The van der Waals surface area contributed by atoms with E-state index in [1.165, 1.54) is 11.3 Å². The molecule has 180 valence electrons. The van der Waals surface area contributed by atoms with E-state index >= 15 is 0 Å². The Hall–Kier alpha value is -2.75. The lowest BCUT2D eigenvalue weighted by atomic mass is 10.2. The van der Waals surface area contributed by atoms with Gasteiger partial charge >= 0.3 is 0 Å². The molecule has 1 fully saturated rings. The Morgan fingerprint density at radius 1 is 1.09 bits per heavy atom. The zero-order valence-corrected chi connectivity index (χ0v) is 20.8. The van der Waals surface area contributed by atoms with Crippen LogP contribution in [0.3, 0.4) is 0 Å². The van der Waals surface area contributed by atoms with E-state index in [2.05, 4.69) is 10.3 Å². The van der Waals surface area contributed by atoms with Crippen LogP contribution in [0.5, 0.6) is 5.75 Å². The minimum Gasteiger partial charge on any atom is -0.493 e. The minimum absolute atomic E-state index is 0.119. The van der Waals surface area contributed by atoms with Crippen LogP contribution in [-0.4, -0.2) is 43.3 Å². The Bertz CT molecular complexity index is 1230. The van der Waals surface area contributed by atoms with Crippen molar-refractivity contribution in [2.75, 3.05) is 19.7 Å². The molecule has 0 unspecified atom stereocenters. The van der Waals surface area contributed by atoms with Gasteiger partial charge in [-0.05, 0) is 43.5 Å². The average molecular weight is 500 g/mol. The maximum atomic E-state index is 13.1. The van der Waals surface area contributed by atoms with Gasteiger partial charge in [0.15, 0.2) is 0 Å². The Morgan fingerprint density at radius 3 is 2.62 bits per heavy atom. The Kier molecular flexibility index (Phi) is 7.97. The van der Waals surface area contributed by atoms with Crippen LogP contribution in [0.25, 0.3) is 10.6 Å². The fourth-order valence-electron chi connectivity index (χ4n) is 4.00. The minimum atomic E-state index is -3.58. The van der Waals surface area contributed by atoms with Crippen LogP contribution in [0.15, 0.2) is 58.8 Å². The van der Waals surface area contributed by atoms with E-state index in [0.717, 1.165) is 35.6 Å². The summed E-state index contributed by atoms with van der Waals surface area (Å²) in [5.74, 6) is 0.557. The van der Waals surface area contributed by atoms with Crippen molar-refractivity contribution < 1.29 is 17.9 Å². The second-order valence-corrected chi connectivity index (χ2v) is 10.9. The Labute approximate surface area is 204 Å². The molecule has 1 N–H and O–H groups in total. The molecule has 3 aromatic rings. The summed E-state index contributed by atoms with van der Waals surface area (Å²) in [7, 11) is -3.58. The molecule has 1 amide bonds. The van der Waals surface area contributed by atoms with Crippen molar-refractivity contribution in [3.8, 4) is 16.3 Å². The van der Waals surface area contributed by atoms with Crippen LogP contribution < -0.4 is 10.1 Å². The molecule has 0 aliphatic carbocycles. The third-order valence-corrected chi connectivity index (χ3v) is 8.62. The number of nitrogens with zero attached hydrogens (tertiary/aromatic N) is 2. The van der Waals surface area contributed by atoms with Gasteiger partial charge in [-0.15, -0.1) is 11.3 Å². The number of carbonyl (C=O) groups is 1. The van der Waals surface area contributed by atoms with Crippen LogP contribution >= 0.6 is 11.3 Å². The molecule has 0 spiro atoms. The largest absolute Gasteiger partial charge is 0.493 e. The van der Waals surface area contributed by atoms with E-state index in [-0.39, 0.29) is 23.8 Å². The third-order valence-electron chi connectivity index (χ3n) is 5.69. The van der Waals surface area contributed by atoms with Crippen LogP contribution in [0, 0.1) is 0 Å². The molecular formula is C25H29N3O4S2. The number of amides is 1. The summed E-state index contributed by atoms with van der Waals surface area (Å²) in [6.07, 6.45) is 2.93. The number of piperidine rings is 1. The summed E-state index contributed by atoms with van der Waals surface area (Å²) < 4.78 is 33.5. The standard InChI is InChI=1S/C25H29N3O4S2/c1-2-32-22-12-6-5-11-21(22)25-27-20(18-33-25)16-24(29)26-17-19-10-4-7-13-23(19)34(30,31)28-14-8-3-9-15-28/h4-7,10-13,18H,2-3,8-9,14-17H2,1H3,(H,26,29). The molecule has 9 heteroatoms. The van der Waals surface area contributed by atoms with Gasteiger partial charge in [-0.2, -0.15) is 4.31 Å². The van der Waals surface area contributed by atoms with Crippen molar-refractivity contribution in [1.29, 1.82) is 0 Å². The molecule has 7 nitrogen and oxygen atoms in total. The number of rotatable bonds is 9. The van der Waals surface area contributed by atoms with E-state index in [1.54, 1.807) is 28.6 Å². The molecule has 0 radical (unpaired) electrons. The maximum Gasteiger partial charge on any atom is 0.243 e. The van der Waals surface area contributed by atoms with Gasteiger partial charge < -0.3 is 10.1 Å². The number of hydrogen-bond acceptors (Lipinski definition) is 6. The van der Waals surface area contributed by atoms with Crippen molar-refractivity contribution in [3.05, 3.63) is 65.2 Å². The summed E-state index contributed by atoms with van der Waals surface area (Å²) in [4.78, 5) is 17.5. The van der Waals surface area contributed by atoms with E-state index < -0.39 is 10.0 Å². The molecular weight excluding hydrogens is 470 g/mol. The van der Waals surface area contributed by atoms with Crippen LogP contribution in [0.2, 0.25) is 0 Å². The highest BCUT2D eigenvalue weighted by atomic mass is 32.2. The SMILES string of the molecule is CCOc1ccccc1-c1nc(CC(=O)NCc2ccccc2S(=O)(=O)N2CCCCC2)cs1. The molecule has 1 aliphatic heterocycles. The molecule has 2 aromatic carbocycles. The second kappa shape index (κ2) is 11.1. The number of aromatic nitrogens is 1. The van der Waals surface area contributed by atoms with E-state index in [9.17, 15) is 13.2 Å². The number of hydrogen-bond donors (Lipinski definition) is 1. The van der Waals surface area contributed by atoms with Crippen LogP contribution in [0.4, 0.5) is 0 Å². The van der Waals surface area contributed by atoms with E-state index in [4.69, 9.17) is 4.74 Å². The monoisotopic (exact) mass is 499 g/mol. The molecule has 4 rings (SSSR count). The first-order valence-corrected chi connectivity index (χ1v) is 13.8. The van der Waals surface area contributed by atoms with Crippen LogP contribution in [-0.2, 0) is 27.8 Å². The highest BCUT2D eigenvalue weighted by Crippen LogP contribution is 2.32. The number of thiazole rings is 1. The molecule has 0 bridgehead atoms. The predicted octanol–water partition coefficient (Wildman–Crippen LogP) is 4.24. The normalized spacial score (nSPS) is 14.6. The van der Waals surface area contributed by atoms with Crippen LogP contribution in [0.1, 0.15) is 37.4 Å². The lowest BCUT2D eigenvalue weighted by Crippen LogP contribution is -2.36. The van der Waals surface area contributed by atoms with Crippen molar-refractivity contribution >= 4 is 27.3 Å². The van der Waals surface area contributed by atoms with Gasteiger partial charge in [0, 0.05) is 25.0 Å². The van der Waals surface area contributed by atoms with Gasteiger partial charge in [-0.25, -0.2) is 13.4 Å². The zero-order chi connectivity index (χ0) is 24.0. The first-order chi connectivity index (χ1) is 16.5. The zero-order valence-electron chi connectivity index (χ0n) is 19.2. The van der Waals surface area contributed by atoms with Crippen molar-refractivity contribution in [2.24, 2.45) is 0 Å². The first kappa shape index (κ1) is 24.4. The van der Waals surface area contributed by atoms with Gasteiger partial charge in [0.05, 0.1) is 29.2 Å². The quantitative estimate of drug-likeness (QED) is 0.476. The van der Waals surface area contributed by atoms with E-state index in [1.807, 2.05) is 36.6 Å². The first-order valence-electron chi connectivity index (χ1n) is 11.5. The highest BCUT2D eigenvalue weighted by molar-refractivity contribution is 7.89. The third kappa shape index (κ3) is 5.65. The number of benzene rings is 2. The predicted molar refractivity (Wildman–Crippen MR) is 133 cm³/mol. The Morgan fingerprint density at radius 2 is 1.82 bits per heavy atom. The number of nitrogens with one attached hydrogen (secondary N) is 1. The van der Waals surface area contributed by atoms with Crippen molar-refractivity contribution in [2.45, 2.75) is 44.0 Å². The summed E-state index contributed by atoms with van der Waals surface area (Å²) in [6, 6.07) is 14.6. The summed E-state index contributed by atoms with van der Waals surface area (Å²) in [5.41, 5.74) is 2.15. The highest BCUT2D eigenvalue weighted by Gasteiger charge is 2.28. The summed E-state index contributed by atoms with van der Waals surface area (Å²) in [5, 5.41) is 5.53. The van der Waals surface area contributed by atoms with Crippen molar-refractivity contribution in [1.82, 2.24) is 14.6 Å². The number of sulfonamides is 1. The fourth-order valence-corrected chi connectivity index (χ4v) is 6.59.